The van der Waals surface area contributed by atoms with Crippen LogP contribution in [0.15, 0.2) is 58.4 Å². The number of carbonyl (C=O) groups is 2. The Bertz CT molecular complexity index is 1110. The number of unbranched alkanes of at least 4 members (excludes halogenated alkanes) is 1. The number of ether oxygens (including phenoxy) is 2. The largest absolute Gasteiger partial charge is 0.493 e. The zero-order valence-corrected chi connectivity index (χ0v) is 20.3. The highest BCUT2D eigenvalue weighted by molar-refractivity contribution is 8.18. The summed E-state index contributed by atoms with van der Waals surface area (Å²) < 4.78 is 11.2. The second-order valence-electron chi connectivity index (χ2n) is 8.06. The number of rotatable bonds is 7. The van der Waals surface area contributed by atoms with E-state index in [1.165, 1.54) is 16.7 Å². The van der Waals surface area contributed by atoms with Crippen LogP contribution in [-0.2, 0) is 9.53 Å². The molecular weight excluding hydrogens is 450 g/mol. The van der Waals surface area contributed by atoms with E-state index in [1.807, 2.05) is 42.5 Å². The molecule has 4 rings (SSSR count). The van der Waals surface area contributed by atoms with E-state index in [9.17, 15) is 9.59 Å². The third kappa shape index (κ3) is 5.69. The van der Waals surface area contributed by atoms with Crippen LogP contribution in [0.1, 0.15) is 35.7 Å². The van der Waals surface area contributed by atoms with Crippen molar-refractivity contribution in [2.24, 2.45) is 4.99 Å². The molecule has 34 heavy (non-hydrogen) atoms. The van der Waals surface area contributed by atoms with Crippen molar-refractivity contribution in [3.8, 4) is 5.75 Å². The molecule has 2 heterocycles. The van der Waals surface area contributed by atoms with Crippen molar-refractivity contribution in [2.45, 2.75) is 19.8 Å². The predicted molar refractivity (Wildman–Crippen MR) is 135 cm³/mol. The molecule has 0 atom stereocenters. The number of thioether (sulfide) groups is 1. The van der Waals surface area contributed by atoms with Gasteiger partial charge < -0.3 is 14.4 Å². The summed E-state index contributed by atoms with van der Waals surface area (Å²) in [5.41, 5.74) is 2.07. The second kappa shape index (κ2) is 11.4. The minimum absolute atomic E-state index is 0.0332. The Balaban J connectivity index is 1.53. The molecule has 2 fully saturated rings. The number of para-hydroxylation sites is 1. The van der Waals surface area contributed by atoms with Gasteiger partial charge in [0.05, 0.1) is 30.4 Å². The maximum absolute atomic E-state index is 12.9. The molecule has 0 N–H and O–H groups in total. The first-order valence-corrected chi connectivity index (χ1v) is 12.3. The average molecular weight is 480 g/mol. The first-order valence-electron chi connectivity index (χ1n) is 11.5. The highest BCUT2D eigenvalue weighted by Gasteiger charge is 2.30. The van der Waals surface area contributed by atoms with Gasteiger partial charge in [-0.05, 0) is 48.5 Å². The first-order chi connectivity index (χ1) is 16.6. The van der Waals surface area contributed by atoms with Crippen LogP contribution in [0.5, 0.6) is 5.75 Å². The number of likely N-dealkylation sites (N-methyl/N-ethyl adjacent to an activating group) is 1. The molecule has 0 bridgehead atoms. The quantitative estimate of drug-likeness (QED) is 0.430. The lowest BCUT2D eigenvalue weighted by Gasteiger charge is -2.26. The fraction of sp³-hybridized carbons (Fsp3) is 0.346. The van der Waals surface area contributed by atoms with Gasteiger partial charge >= 0.3 is 0 Å². The summed E-state index contributed by atoms with van der Waals surface area (Å²) in [5.74, 6) is 0.612. The van der Waals surface area contributed by atoms with Gasteiger partial charge in [0, 0.05) is 31.3 Å². The van der Waals surface area contributed by atoms with Gasteiger partial charge in [-0.1, -0.05) is 37.6 Å². The molecule has 2 aliphatic rings. The van der Waals surface area contributed by atoms with E-state index in [-0.39, 0.29) is 11.8 Å². The predicted octanol–water partition coefficient (Wildman–Crippen LogP) is 4.57. The molecule has 0 saturated carbocycles. The van der Waals surface area contributed by atoms with Crippen molar-refractivity contribution in [3.63, 3.8) is 0 Å². The number of benzene rings is 2. The zero-order valence-electron chi connectivity index (χ0n) is 19.5. The Hall–Kier alpha value is -3.10. The van der Waals surface area contributed by atoms with Crippen LogP contribution in [0.3, 0.4) is 0 Å². The average Bonchev–Trinajstić information content (AvgIpc) is 3.13. The number of hydrogen-bond acceptors (Lipinski definition) is 6. The summed E-state index contributed by atoms with van der Waals surface area (Å²) in [6.45, 7) is 5.04. The van der Waals surface area contributed by atoms with Gasteiger partial charge in [0.25, 0.3) is 11.8 Å². The number of amidine groups is 1. The van der Waals surface area contributed by atoms with E-state index in [0.29, 0.717) is 54.2 Å². The van der Waals surface area contributed by atoms with Gasteiger partial charge in [0.1, 0.15) is 5.75 Å². The highest BCUT2D eigenvalue weighted by Crippen LogP contribution is 2.35. The van der Waals surface area contributed by atoms with Crippen molar-refractivity contribution < 1.29 is 19.1 Å². The molecule has 8 heteroatoms. The van der Waals surface area contributed by atoms with Crippen molar-refractivity contribution >= 4 is 40.5 Å². The van der Waals surface area contributed by atoms with Crippen LogP contribution in [0, 0.1) is 0 Å². The molecule has 0 unspecified atom stereocenters. The maximum atomic E-state index is 12.9. The molecular formula is C26H29N3O4S. The van der Waals surface area contributed by atoms with E-state index in [2.05, 4.69) is 11.9 Å². The number of amides is 2. The number of morpholine rings is 1. The molecule has 178 valence electrons. The van der Waals surface area contributed by atoms with Gasteiger partial charge in [-0.15, -0.1) is 0 Å². The molecule has 2 amide bonds. The lowest BCUT2D eigenvalue weighted by molar-refractivity contribution is -0.121. The maximum Gasteiger partial charge on any atom is 0.266 e. The van der Waals surface area contributed by atoms with Crippen molar-refractivity contribution in [3.05, 3.63) is 64.6 Å². The minimum Gasteiger partial charge on any atom is -0.493 e. The zero-order chi connectivity index (χ0) is 23.9. The molecule has 0 radical (unpaired) electrons. The highest BCUT2D eigenvalue weighted by atomic mass is 32.2. The topological polar surface area (TPSA) is 71.4 Å². The van der Waals surface area contributed by atoms with Crippen LogP contribution in [0.2, 0.25) is 0 Å². The summed E-state index contributed by atoms with van der Waals surface area (Å²) in [6, 6.07) is 14.9. The number of hydrogen-bond donors (Lipinski definition) is 0. The summed E-state index contributed by atoms with van der Waals surface area (Å²) in [7, 11) is 1.71. The van der Waals surface area contributed by atoms with Gasteiger partial charge in [-0.3, -0.25) is 14.5 Å². The lowest BCUT2D eigenvalue weighted by atomic mass is 10.1. The summed E-state index contributed by atoms with van der Waals surface area (Å²) in [5, 5.41) is 0.566. The van der Waals surface area contributed by atoms with E-state index < -0.39 is 0 Å². The molecule has 0 spiro atoms. The van der Waals surface area contributed by atoms with Crippen molar-refractivity contribution in [1.82, 2.24) is 9.80 Å². The van der Waals surface area contributed by atoms with E-state index in [1.54, 1.807) is 24.1 Å². The summed E-state index contributed by atoms with van der Waals surface area (Å²) in [4.78, 5) is 34.3. The first kappa shape index (κ1) is 24.0. The Morgan fingerprint density at radius 2 is 1.97 bits per heavy atom. The van der Waals surface area contributed by atoms with Crippen LogP contribution in [-0.4, -0.2) is 66.7 Å². The SMILES string of the molecule is CCCCOc1ccccc1/C=C1/SC(=Nc2cccc(C(=O)N3CCOCC3)c2)N(C)C1=O. The van der Waals surface area contributed by atoms with Crippen LogP contribution in [0.25, 0.3) is 6.08 Å². The Morgan fingerprint density at radius 1 is 1.18 bits per heavy atom. The Labute approximate surface area is 204 Å². The smallest absolute Gasteiger partial charge is 0.266 e. The second-order valence-corrected chi connectivity index (χ2v) is 9.07. The minimum atomic E-state index is -0.118. The van der Waals surface area contributed by atoms with E-state index in [4.69, 9.17) is 9.47 Å². The van der Waals surface area contributed by atoms with E-state index in [0.717, 1.165) is 24.2 Å². The molecule has 2 saturated heterocycles. The summed E-state index contributed by atoms with van der Waals surface area (Å²) in [6.07, 6.45) is 3.89. The Morgan fingerprint density at radius 3 is 2.76 bits per heavy atom. The van der Waals surface area contributed by atoms with Crippen LogP contribution >= 0.6 is 11.8 Å². The van der Waals surface area contributed by atoms with Crippen molar-refractivity contribution in [1.29, 1.82) is 0 Å². The molecule has 2 aliphatic heterocycles. The van der Waals surface area contributed by atoms with Gasteiger partial charge in [-0.25, -0.2) is 4.99 Å². The van der Waals surface area contributed by atoms with Crippen molar-refractivity contribution in [2.75, 3.05) is 40.0 Å². The van der Waals surface area contributed by atoms with Gasteiger partial charge in [-0.2, -0.15) is 0 Å². The molecule has 7 nitrogen and oxygen atoms in total. The molecule has 2 aromatic rings. The van der Waals surface area contributed by atoms with Gasteiger partial charge in [0.2, 0.25) is 0 Å². The normalized spacial score (nSPS) is 18.7. The molecule has 0 aliphatic carbocycles. The van der Waals surface area contributed by atoms with Gasteiger partial charge in [0.15, 0.2) is 5.17 Å². The fourth-order valence-corrected chi connectivity index (χ4v) is 4.60. The lowest BCUT2D eigenvalue weighted by Crippen LogP contribution is -2.40. The third-order valence-corrected chi connectivity index (χ3v) is 6.64. The fourth-order valence-electron chi connectivity index (χ4n) is 3.62. The third-order valence-electron chi connectivity index (χ3n) is 5.58. The molecule has 0 aromatic heterocycles. The standard InChI is InChI=1S/C26H29N3O4S/c1-3-4-14-33-22-11-6-5-8-19(22)18-23-25(31)28(2)26(34-23)27-21-10-7-9-20(17-21)24(30)29-12-15-32-16-13-29/h5-11,17-18H,3-4,12-16H2,1-2H3/b23-18+,27-26?. The van der Waals surface area contributed by atoms with Crippen LogP contribution in [0.4, 0.5) is 5.69 Å². The number of nitrogens with zero attached hydrogens (tertiary/aromatic N) is 3. The number of aliphatic imine (C=N–C) groups is 1. The number of carbonyl (C=O) groups excluding carboxylic acids is 2. The summed E-state index contributed by atoms with van der Waals surface area (Å²) >= 11 is 1.32. The monoisotopic (exact) mass is 479 g/mol. The molecule has 2 aromatic carbocycles. The van der Waals surface area contributed by atoms with E-state index >= 15 is 0 Å². The Kier molecular flexibility index (Phi) is 8.03. The van der Waals surface area contributed by atoms with Crippen LogP contribution < -0.4 is 4.74 Å².